The highest BCUT2D eigenvalue weighted by Crippen LogP contribution is 2.48. The third-order valence-corrected chi connectivity index (χ3v) is 16.1. The lowest BCUT2D eigenvalue weighted by Gasteiger charge is -2.46. The van der Waals surface area contributed by atoms with Gasteiger partial charge in [-0.25, -0.2) is 0 Å². The van der Waals surface area contributed by atoms with E-state index in [1.807, 2.05) is 0 Å². The highest BCUT2D eigenvalue weighted by atomic mass is 28.3. The fraction of sp³-hybridized carbons (Fsp3) is 0.436. The maximum Gasteiger partial charge on any atom is 0.167 e. The van der Waals surface area contributed by atoms with Crippen LogP contribution in [-0.2, 0) is 0 Å². The molecule has 43 heavy (non-hydrogen) atoms. The highest BCUT2D eigenvalue weighted by molar-refractivity contribution is 7.15. The Morgan fingerprint density at radius 2 is 0.628 bits per heavy atom. The SMILES string of the molecule is CC1=C(C)C([Si](c2cc(C)c(C)cc2N(C)C)(c2cc(C)c(C)cc2N(C)C)c2cc(C)c(C)cc2N(C)C)C(C)=C1C. The summed E-state index contributed by atoms with van der Waals surface area (Å²) in [5.74, 6) is 0. The average Bonchev–Trinajstić information content (AvgIpc) is 3.12. The lowest BCUT2D eigenvalue weighted by molar-refractivity contribution is 1.07. The number of hydrogen-bond acceptors (Lipinski definition) is 3. The van der Waals surface area contributed by atoms with Gasteiger partial charge in [-0.1, -0.05) is 29.3 Å². The van der Waals surface area contributed by atoms with Gasteiger partial charge in [0.15, 0.2) is 8.07 Å². The Kier molecular flexibility index (Phi) is 8.88. The molecule has 0 spiro atoms. The highest BCUT2D eigenvalue weighted by Gasteiger charge is 2.54. The molecule has 4 heteroatoms. The largest absolute Gasteiger partial charge is 0.378 e. The monoisotopic (exact) mass is 593 g/mol. The smallest absolute Gasteiger partial charge is 0.167 e. The maximum absolute atomic E-state index is 2.93. The van der Waals surface area contributed by atoms with E-state index < -0.39 is 8.07 Å². The van der Waals surface area contributed by atoms with Crippen molar-refractivity contribution in [3.63, 3.8) is 0 Å². The fourth-order valence-electron chi connectivity index (χ4n) is 7.36. The van der Waals surface area contributed by atoms with Gasteiger partial charge in [-0.2, -0.15) is 0 Å². The third-order valence-electron chi connectivity index (χ3n) is 10.6. The van der Waals surface area contributed by atoms with Crippen molar-refractivity contribution >= 4 is 40.7 Å². The van der Waals surface area contributed by atoms with E-state index in [1.54, 1.807) is 0 Å². The van der Waals surface area contributed by atoms with E-state index in [0.717, 1.165) is 0 Å². The van der Waals surface area contributed by atoms with Crippen LogP contribution in [0.4, 0.5) is 17.1 Å². The second-order valence-electron chi connectivity index (χ2n) is 13.9. The molecule has 1 aliphatic rings. The zero-order chi connectivity index (χ0) is 32.3. The lowest BCUT2D eigenvalue weighted by atomic mass is 10.1. The van der Waals surface area contributed by atoms with Gasteiger partial charge in [-0.3, -0.25) is 0 Å². The van der Waals surface area contributed by atoms with Crippen molar-refractivity contribution in [1.82, 2.24) is 0 Å². The summed E-state index contributed by atoms with van der Waals surface area (Å²) in [6.45, 7) is 23.2. The normalized spacial score (nSPS) is 14.2. The molecule has 3 nitrogen and oxygen atoms in total. The molecule has 1 aliphatic carbocycles. The van der Waals surface area contributed by atoms with Crippen LogP contribution in [0.1, 0.15) is 61.1 Å². The van der Waals surface area contributed by atoms with E-state index in [1.165, 1.54) is 88.3 Å². The molecule has 0 saturated heterocycles. The Balaban J connectivity index is 2.49. The second-order valence-corrected chi connectivity index (χ2v) is 17.7. The van der Waals surface area contributed by atoms with Crippen LogP contribution < -0.4 is 30.3 Å². The van der Waals surface area contributed by atoms with Crippen molar-refractivity contribution < 1.29 is 0 Å². The van der Waals surface area contributed by atoms with Crippen LogP contribution in [0.2, 0.25) is 5.54 Å². The summed E-state index contributed by atoms with van der Waals surface area (Å²) in [5.41, 5.74) is 18.4. The predicted molar refractivity (Wildman–Crippen MR) is 196 cm³/mol. The number of nitrogens with zero attached hydrogens (tertiary/aromatic N) is 3. The van der Waals surface area contributed by atoms with E-state index in [2.05, 4.69) is 163 Å². The molecular weight excluding hydrogens is 539 g/mol. The van der Waals surface area contributed by atoms with Gasteiger partial charge in [0.25, 0.3) is 0 Å². The first-order chi connectivity index (χ1) is 20.0. The Morgan fingerprint density at radius 1 is 0.395 bits per heavy atom. The van der Waals surface area contributed by atoms with Crippen molar-refractivity contribution in [3.05, 3.63) is 92.1 Å². The molecule has 0 radical (unpaired) electrons. The van der Waals surface area contributed by atoms with Crippen LogP contribution in [-0.4, -0.2) is 50.4 Å². The van der Waals surface area contributed by atoms with Crippen LogP contribution in [0.15, 0.2) is 58.7 Å². The molecule has 0 heterocycles. The summed E-state index contributed by atoms with van der Waals surface area (Å²) in [5, 5.41) is 4.51. The predicted octanol–water partition coefficient (Wildman–Crippen LogP) is 7.26. The van der Waals surface area contributed by atoms with Gasteiger partial charge >= 0.3 is 0 Å². The molecule has 230 valence electrons. The lowest BCUT2D eigenvalue weighted by Crippen LogP contribution is -2.72. The molecule has 0 amide bonds. The van der Waals surface area contributed by atoms with E-state index in [-0.39, 0.29) is 5.54 Å². The van der Waals surface area contributed by atoms with Gasteiger partial charge < -0.3 is 14.7 Å². The van der Waals surface area contributed by atoms with Gasteiger partial charge in [-0.05, 0) is 148 Å². The van der Waals surface area contributed by atoms with Crippen LogP contribution in [0, 0.1) is 41.5 Å². The first-order valence-corrected chi connectivity index (χ1v) is 17.8. The fourth-order valence-corrected chi connectivity index (χ4v) is 14.3. The van der Waals surface area contributed by atoms with Gasteiger partial charge in [0.2, 0.25) is 0 Å². The minimum Gasteiger partial charge on any atom is -0.378 e. The van der Waals surface area contributed by atoms with Crippen LogP contribution in [0.5, 0.6) is 0 Å². The summed E-state index contributed by atoms with van der Waals surface area (Å²) in [4.78, 5) is 7.09. The van der Waals surface area contributed by atoms with Crippen molar-refractivity contribution in [2.75, 3.05) is 57.0 Å². The van der Waals surface area contributed by atoms with Gasteiger partial charge in [0.05, 0.1) is 0 Å². The molecule has 0 unspecified atom stereocenters. The van der Waals surface area contributed by atoms with E-state index in [4.69, 9.17) is 0 Å². The Hall–Kier alpha value is -3.24. The second kappa shape index (κ2) is 11.7. The van der Waals surface area contributed by atoms with Gasteiger partial charge in [-0.15, -0.1) is 0 Å². The Labute approximate surface area is 263 Å². The quantitative estimate of drug-likeness (QED) is 0.211. The van der Waals surface area contributed by atoms with Crippen molar-refractivity contribution in [2.45, 2.75) is 74.8 Å². The van der Waals surface area contributed by atoms with Crippen LogP contribution in [0.25, 0.3) is 0 Å². The molecule has 0 bridgehead atoms. The molecule has 0 N–H and O–H groups in total. The summed E-state index contributed by atoms with van der Waals surface area (Å²) in [6.07, 6.45) is 0. The van der Waals surface area contributed by atoms with E-state index >= 15 is 0 Å². The number of benzene rings is 3. The molecule has 0 atom stereocenters. The van der Waals surface area contributed by atoms with Crippen LogP contribution in [0.3, 0.4) is 0 Å². The molecular formula is C39H55N3Si. The average molecular weight is 594 g/mol. The molecule has 0 aromatic heterocycles. The Bertz CT molecular complexity index is 1470. The molecule has 0 fully saturated rings. The number of hydrogen-bond donors (Lipinski definition) is 0. The third kappa shape index (κ3) is 5.16. The number of aryl methyl sites for hydroxylation is 6. The molecule has 0 aliphatic heterocycles. The Morgan fingerprint density at radius 3 is 0.860 bits per heavy atom. The molecule has 3 aromatic carbocycles. The van der Waals surface area contributed by atoms with Crippen LogP contribution >= 0.6 is 0 Å². The summed E-state index contributed by atoms with van der Waals surface area (Å²) < 4.78 is 0. The number of rotatable bonds is 7. The molecule has 0 saturated carbocycles. The van der Waals surface area contributed by atoms with Gasteiger partial charge in [0, 0.05) is 64.9 Å². The zero-order valence-electron chi connectivity index (χ0n) is 29.9. The zero-order valence-corrected chi connectivity index (χ0v) is 30.9. The maximum atomic E-state index is 2.57. The number of anilines is 3. The van der Waals surface area contributed by atoms with E-state index in [9.17, 15) is 0 Å². The topological polar surface area (TPSA) is 9.72 Å². The summed E-state index contributed by atoms with van der Waals surface area (Å²) in [7, 11) is 10.4. The summed E-state index contributed by atoms with van der Waals surface area (Å²) >= 11 is 0. The van der Waals surface area contributed by atoms with E-state index in [0.29, 0.717) is 0 Å². The van der Waals surface area contributed by atoms with Gasteiger partial charge in [0.1, 0.15) is 0 Å². The van der Waals surface area contributed by atoms with Crippen molar-refractivity contribution in [1.29, 1.82) is 0 Å². The standard InChI is InChI=1S/C39H55N3Si/c1-23-17-33(40(11)12)36(20-26(23)4)43(39-31(9)29(7)30(8)32(39)10,37-21-27(5)24(2)18-34(37)41(13)14)38-22-28(6)25(3)19-35(38)42(15)16/h17-22,39H,1-16H3. The first kappa shape index (κ1) is 32.7. The first-order valence-electron chi connectivity index (χ1n) is 15.7. The number of allylic oxidation sites excluding steroid dienone is 4. The molecule has 4 rings (SSSR count). The summed E-state index contributed by atoms with van der Waals surface area (Å²) in [6, 6.07) is 15.1. The van der Waals surface area contributed by atoms with Crippen molar-refractivity contribution in [3.8, 4) is 0 Å². The minimum absolute atomic E-state index is 0.287. The van der Waals surface area contributed by atoms with Crippen molar-refractivity contribution in [2.24, 2.45) is 0 Å². The molecule has 3 aromatic rings. The minimum atomic E-state index is -2.93.